The number of anilines is 1. The van der Waals surface area contributed by atoms with Crippen molar-refractivity contribution in [3.05, 3.63) is 52.2 Å². The van der Waals surface area contributed by atoms with E-state index < -0.39 is 0 Å². The summed E-state index contributed by atoms with van der Waals surface area (Å²) in [5.74, 6) is -0.128. The first-order chi connectivity index (χ1) is 11.9. The van der Waals surface area contributed by atoms with Gasteiger partial charge in [-0.1, -0.05) is 18.2 Å². The average Bonchev–Trinajstić information content (AvgIpc) is 3.08. The highest BCUT2D eigenvalue weighted by atomic mass is 32.1. The Labute approximate surface area is 153 Å². The molecule has 0 fully saturated rings. The molecule has 2 rings (SSSR count). The van der Waals surface area contributed by atoms with E-state index in [1.807, 2.05) is 60.8 Å². The maximum absolute atomic E-state index is 12.6. The van der Waals surface area contributed by atoms with Crippen molar-refractivity contribution in [1.82, 2.24) is 10.2 Å². The Balaban J connectivity index is 1.99. The summed E-state index contributed by atoms with van der Waals surface area (Å²) in [6.45, 7) is 2.02. The van der Waals surface area contributed by atoms with Crippen LogP contribution < -0.4 is 10.2 Å². The highest BCUT2D eigenvalue weighted by Crippen LogP contribution is 2.23. The predicted octanol–water partition coefficient (Wildman–Crippen LogP) is 3.04. The number of rotatable bonds is 7. The van der Waals surface area contributed by atoms with Crippen LogP contribution in [0.2, 0.25) is 0 Å². The first-order valence-corrected chi connectivity index (χ1v) is 9.05. The smallest absolute Gasteiger partial charge is 0.225 e. The van der Waals surface area contributed by atoms with Crippen LogP contribution in [0.3, 0.4) is 0 Å². The molecule has 25 heavy (non-hydrogen) atoms. The van der Waals surface area contributed by atoms with Crippen LogP contribution in [0.1, 0.15) is 29.8 Å². The summed E-state index contributed by atoms with van der Waals surface area (Å²) in [5.41, 5.74) is 2.20. The van der Waals surface area contributed by atoms with Crippen molar-refractivity contribution in [2.45, 2.75) is 25.9 Å². The van der Waals surface area contributed by atoms with Crippen LogP contribution >= 0.6 is 11.3 Å². The van der Waals surface area contributed by atoms with Gasteiger partial charge < -0.3 is 15.1 Å². The Hall–Kier alpha value is -2.34. The topological polar surface area (TPSA) is 52.7 Å². The number of amides is 2. The molecule has 1 unspecified atom stereocenters. The van der Waals surface area contributed by atoms with E-state index in [1.165, 1.54) is 6.92 Å². The first-order valence-electron chi connectivity index (χ1n) is 8.17. The van der Waals surface area contributed by atoms with Crippen molar-refractivity contribution in [2.75, 3.05) is 26.0 Å². The Morgan fingerprint density at radius 2 is 1.80 bits per heavy atom. The Kier molecular flexibility index (Phi) is 6.58. The Bertz CT molecular complexity index is 696. The van der Waals surface area contributed by atoms with Gasteiger partial charge in [-0.2, -0.15) is 0 Å². The SMILES string of the molecule is CC(=O)NC(CC(=O)N(C)Cc1ccc(N(C)C)cc1)c1cccs1. The zero-order chi connectivity index (χ0) is 18.4. The first kappa shape index (κ1) is 19.0. The normalized spacial score (nSPS) is 11.7. The number of nitrogens with one attached hydrogen (secondary N) is 1. The van der Waals surface area contributed by atoms with Crippen LogP contribution in [0, 0.1) is 0 Å². The number of hydrogen-bond donors (Lipinski definition) is 1. The highest BCUT2D eigenvalue weighted by molar-refractivity contribution is 7.10. The van der Waals surface area contributed by atoms with E-state index >= 15 is 0 Å². The van der Waals surface area contributed by atoms with Crippen LogP contribution in [0.25, 0.3) is 0 Å². The van der Waals surface area contributed by atoms with Gasteiger partial charge in [-0.15, -0.1) is 11.3 Å². The third-order valence-electron chi connectivity index (χ3n) is 3.94. The van der Waals surface area contributed by atoms with Crippen molar-refractivity contribution < 1.29 is 9.59 Å². The molecule has 1 atom stereocenters. The van der Waals surface area contributed by atoms with E-state index in [-0.39, 0.29) is 24.3 Å². The molecule has 0 saturated heterocycles. The van der Waals surface area contributed by atoms with Crippen LogP contribution in [0.5, 0.6) is 0 Å². The van der Waals surface area contributed by atoms with Gasteiger partial charge in [-0.05, 0) is 29.1 Å². The van der Waals surface area contributed by atoms with Crippen LogP contribution in [-0.2, 0) is 16.1 Å². The van der Waals surface area contributed by atoms with E-state index in [0.29, 0.717) is 6.54 Å². The highest BCUT2D eigenvalue weighted by Gasteiger charge is 2.20. The molecule has 0 bridgehead atoms. The summed E-state index contributed by atoms with van der Waals surface area (Å²) in [5, 5.41) is 4.82. The molecule has 134 valence electrons. The molecule has 1 heterocycles. The second-order valence-electron chi connectivity index (χ2n) is 6.28. The number of hydrogen-bond acceptors (Lipinski definition) is 4. The van der Waals surface area contributed by atoms with Gasteiger partial charge in [0.1, 0.15) is 0 Å². The molecule has 1 aromatic carbocycles. The summed E-state index contributed by atoms with van der Waals surface area (Å²) < 4.78 is 0. The van der Waals surface area contributed by atoms with E-state index in [0.717, 1.165) is 16.1 Å². The fraction of sp³-hybridized carbons (Fsp3) is 0.368. The molecular formula is C19H25N3O2S. The van der Waals surface area contributed by atoms with Crippen molar-refractivity contribution >= 4 is 28.8 Å². The summed E-state index contributed by atoms with van der Waals surface area (Å²) in [7, 11) is 5.79. The minimum Gasteiger partial charge on any atom is -0.378 e. The molecule has 2 aromatic rings. The van der Waals surface area contributed by atoms with Gasteiger partial charge in [-0.3, -0.25) is 9.59 Å². The van der Waals surface area contributed by atoms with Gasteiger partial charge in [0.2, 0.25) is 11.8 Å². The maximum atomic E-state index is 12.6. The fourth-order valence-electron chi connectivity index (χ4n) is 2.55. The lowest BCUT2D eigenvalue weighted by Gasteiger charge is -2.22. The quantitative estimate of drug-likeness (QED) is 0.827. The number of carbonyl (C=O) groups is 2. The standard InChI is InChI=1S/C19H25N3O2S/c1-14(23)20-17(18-6-5-11-25-18)12-19(24)22(4)13-15-7-9-16(10-8-15)21(2)3/h5-11,17H,12-13H2,1-4H3,(H,20,23). The number of nitrogens with zero attached hydrogens (tertiary/aromatic N) is 2. The third-order valence-corrected chi connectivity index (χ3v) is 4.93. The van der Waals surface area contributed by atoms with Crippen LogP contribution in [-0.4, -0.2) is 37.9 Å². The fourth-order valence-corrected chi connectivity index (χ4v) is 3.33. The summed E-state index contributed by atoms with van der Waals surface area (Å²) in [6.07, 6.45) is 0.256. The van der Waals surface area contributed by atoms with Gasteiger partial charge in [0.15, 0.2) is 0 Å². The zero-order valence-electron chi connectivity index (χ0n) is 15.2. The average molecular weight is 359 g/mol. The van der Waals surface area contributed by atoms with E-state index in [9.17, 15) is 9.59 Å². The van der Waals surface area contributed by atoms with Gasteiger partial charge in [0, 0.05) is 45.2 Å². The minimum atomic E-state index is -0.274. The molecule has 0 saturated carbocycles. The molecule has 2 amide bonds. The molecule has 0 spiro atoms. The van der Waals surface area contributed by atoms with Gasteiger partial charge in [0.05, 0.1) is 12.5 Å². The summed E-state index contributed by atoms with van der Waals surface area (Å²) >= 11 is 1.54. The molecule has 5 nitrogen and oxygen atoms in total. The second kappa shape index (κ2) is 8.67. The second-order valence-corrected chi connectivity index (χ2v) is 7.26. The molecule has 1 aromatic heterocycles. The maximum Gasteiger partial charge on any atom is 0.225 e. The van der Waals surface area contributed by atoms with E-state index in [2.05, 4.69) is 5.32 Å². The molecule has 0 aliphatic rings. The van der Waals surface area contributed by atoms with Crippen molar-refractivity contribution in [1.29, 1.82) is 0 Å². The van der Waals surface area contributed by atoms with Crippen molar-refractivity contribution in [3.8, 4) is 0 Å². The Morgan fingerprint density at radius 1 is 1.12 bits per heavy atom. The molecular weight excluding hydrogens is 334 g/mol. The molecule has 0 aliphatic carbocycles. The molecule has 0 aliphatic heterocycles. The largest absolute Gasteiger partial charge is 0.378 e. The van der Waals surface area contributed by atoms with Crippen LogP contribution in [0.4, 0.5) is 5.69 Å². The molecule has 6 heteroatoms. The lowest BCUT2D eigenvalue weighted by molar-refractivity contribution is -0.131. The van der Waals surface area contributed by atoms with E-state index in [1.54, 1.807) is 23.3 Å². The van der Waals surface area contributed by atoms with Crippen molar-refractivity contribution in [3.63, 3.8) is 0 Å². The number of carbonyl (C=O) groups excluding carboxylic acids is 2. The summed E-state index contributed by atoms with van der Waals surface area (Å²) in [4.78, 5) is 28.8. The lowest BCUT2D eigenvalue weighted by atomic mass is 10.1. The number of benzene rings is 1. The van der Waals surface area contributed by atoms with Crippen molar-refractivity contribution in [2.24, 2.45) is 0 Å². The van der Waals surface area contributed by atoms with Gasteiger partial charge >= 0.3 is 0 Å². The number of thiophene rings is 1. The minimum absolute atomic E-state index is 0.00355. The van der Waals surface area contributed by atoms with Gasteiger partial charge in [0.25, 0.3) is 0 Å². The van der Waals surface area contributed by atoms with Gasteiger partial charge in [-0.25, -0.2) is 0 Å². The predicted molar refractivity (Wildman–Crippen MR) is 103 cm³/mol. The zero-order valence-corrected chi connectivity index (χ0v) is 16.0. The van der Waals surface area contributed by atoms with E-state index in [4.69, 9.17) is 0 Å². The monoisotopic (exact) mass is 359 g/mol. The molecule has 0 radical (unpaired) electrons. The Morgan fingerprint density at radius 3 is 2.32 bits per heavy atom. The lowest BCUT2D eigenvalue weighted by Crippen LogP contribution is -2.33. The summed E-state index contributed by atoms with van der Waals surface area (Å²) in [6, 6.07) is 11.7. The van der Waals surface area contributed by atoms with Crippen LogP contribution in [0.15, 0.2) is 41.8 Å². The molecule has 1 N–H and O–H groups in total. The third kappa shape index (κ3) is 5.60.